The highest BCUT2D eigenvalue weighted by atomic mass is 35.5. The van der Waals surface area contributed by atoms with Crippen LogP contribution in [0.1, 0.15) is 17.3 Å². The van der Waals surface area contributed by atoms with E-state index < -0.39 is 0 Å². The minimum absolute atomic E-state index is 0. The summed E-state index contributed by atoms with van der Waals surface area (Å²) in [4.78, 5) is 4.31. The van der Waals surface area contributed by atoms with Gasteiger partial charge in [0.2, 0.25) is 0 Å². The number of methoxy groups -OCH3 is 1. The van der Waals surface area contributed by atoms with Gasteiger partial charge in [-0.1, -0.05) is 18.2 Å². The Labute approximate surface area is 128 Å². The average Bonchev–Trinajstić information content (AvgIpc) is 2.47. The maximum atomic E-state index is 13.7. The summed E-state index contributed by atoms with van der Waals surface area (Å²) < 4.78 is 18.9. The summed E-state index contributed by atoms with van der Waals surface area (Å²) in [6.07, 6.45) is -0.324. The summed E-state index contributed by atoms with van der Waals surface area (Å²) in [5.41, 5.74) is 7.79. The number of nitrogens with one attached hydrogen (secondary N) is 1. The van der Waals surface area contributed by atoms with Crippen LogP contribution in [0.2, 0.25) is 0 Å². The number of nitrogens with zero attached hydrogens (tertiary/aromatic N) is 1. The van der Waals surface area contributed by atoms with E-state index in [1.807, 2.05) is 24.3 Å². The standard InChI is InChI=1S/C15H14FN3O.ClH/c1-20-10-7-5-9(6-8-10)15-18-12-4-2-3-11(16)13(12)14(17)19-15;/h2-8,15,18H,1H3,(H2,17,19);1H. The van der Waals surface area contributed by atoms with Gasteiger partial charge in [-0.2, -0.15) is 0 Å². The number of ether oxygens (including phenoxy) is 1. The average molecular weight is 308 g/mol. The first-order valence-corrected chi connectivity index (χ1v) is 6.21. The third kappa shape index (κ3) is 2.78. The number of amidine groups is 1. The highest BCUT2D eigenvalue weighted by Crippen LogP contribution is 2.30. The molecular formula is C15H15ClFN3O. The summed E-state index contributed by atoms with van der Waals surface area (Å²) in [7, 11) is 1.61. The Morgan fingerprint density at radius 2 is 1.90 bits per heavy atom. The van der Waals surface area contributed by atoms with Gasteiger partial charge in [-0.25, -0.2) is 9.38 Å². The Morgan fingerprint density at radius 1 is 1.19 bits per heavy atom. The van der Waals surface area contributed by atoms with E-state index in [4.69, 9.17) is 10.5 Å². The summed E-state index contributed by atoms with van der Waals surface area (Å²) in [6.45, 7) is 0. The first kappa shape index (κ1) is 15.1. The van der Waals surface area contributed by atoms with Gasteiger partial charge in [-0.3, -0.25) is 0 Å². The largest absolute Gasteiger partial charge is 0.497 e. The lowest BCUT2D eigenvalue weighted by atomic mass is 10.1. The lowest BCUT2D eigenvalue weighted by molar-refractivity contribution is 0.414. The molecule has 0 fully saturated rings. The van der Waals surface area contributed by atoms with E-state index in [9.17, 15) is 4.39 Å². The van der Waals surface area contributed by atoms with Crippen LogP contribution < -0.4 is 15.8 Å². The summed E-state index contributed by atoms with van der Waals surface area (Å²) >= 11 is 0. The van der Waals surface area contributed by atoms with Crippen molar-refractivity contribution >= 4 is 23.9 Å². The third-order valence-corrected chi connectivity index (χ3v) is 3.26. The Hall–Kier alpha value is -2.27. The lowest BCUT2D eigenvalue weighted by Gasteiger charge is -2.24. The van der Waals surface area contributed by atoms with Crippen LogP contribution in [-0.2, 0) is 0 Å². The van der Waals surface area contributed by atoms with Gasteiger partial charge in [0.05, 0.1) is 12.7 Å². The highest BCUT2D eigenvalue weighted by Gasteiger charge is 2.22. The van der Waals surface area contributed by atoms with Gasteiger partial charge < -0.3 is 15.8 Å². The van der Waals surface area contributed by atoms with Crippen molar-refractivity contribution < 1.29 is 9.13 Å². The molecule has 0 aromatic heterocycles. The summed E-state index contributed by atoms with van der Waals surface area (Å²) in [5.74, 6) is 0.607. The fourth-order valence-corrected chi connectivity index (χ4v) is 2.23. The molecule has 1 unspecified atom stereocenters. The topological polar surface area (TPSA) is 59.6 Å². The number of benzene rings is 2. The molecule has 4 nitrogen and oxygen atoms in total. The number of nitrogens with two attached hydrogens (primary N) is 1. The molecule has 6 heteroatoms. The van der Waals surface area contributed by atoms with Crippen molar-refractivity contribution in [2.45, 2.75) is 6.17 Å². The Bertz CT molecular complexity index is 673. The number of hydrogen-bond acceptors (Lipinski definition) is 4. The van der Waals surface area contributed by atoms with E-state index in [-0.39, 0.29) is 30.2 Å². The Kier molecular flexibility index (Phi) is 4.33. The minimum Gasteiger partial charge on any atom is -0.497 e. The van der Waals surface area contributed by atoms with E-state index in [1.165, 1.54) is 6.07 Å². The molecule has 1 atom stereocenters. The van der Waals surface area contributed by atoms with Crippen LogP contribution in [0.5, 0.6) is 5.75 Å². The van der Waals surface area contributed by atoms with Gasteiger partial charge in [0.15, 0.2) is 0 Å². The zero-order valence-electron chi connectivity index (χ0n) is 11.3. The Morgan fingerprint density at radius 3 is 2.57 bits per heavy atom. The molecule has 0 bridgehead atoms. The minimum atomic E-state index is -0.371. The maximum absolute atomic E-state index is 13.7. The number of anilines is 1. The van der Waals surface area contributed by atoms with Gasteiger partial charge in [-0.05, 0) is 29.8 Å². The Balaban J connectivity index is 0.00000161. The van der Waals surface area contributed by atoms with Gasteiger partial charge in [0.25, 0.3) is 0 Å². The van der Waals surface area contributed by atoms with Gasteiger partial charge in [0, 0.05) is 5.69 Å². The zero-order chi connectivity index (χ0) is 14.1. The van der Waals surface area contributed by atoms with Gasteiger partial charge in [-0.15, -0.1) is 12.4 Å². The third-order valence-electron chi connectivity index (χ3n) is 3.26. The maximum Gasteiger partial charge on any atom is 0.147 e. The van der Waals surface area contributed by atoms with Crippen molar-refractivity contribution in [2.75, 3.05) is 12.4 Å². The second kappa shape index (κ2) is 6.01. The van der Waals surface area contributed by atoms with Crippen LogP contribution in [0.15, 0.2) is 47.5 Å². The van der Waals surface area contributed by atoms with E-state index in [0.717, 1.165) is 11.3 Å². The molecule has 1 aliphatic heterocycles. The van der Waals surface area contributed by atoms with Gasteiger partial charge >= 0.3 is 0 Å². The molecule has 3 N–H and O–H groups in total. The van der Waals surface area contributed by atoms with Crippen molar-refractivity contribution in [3.8, 4) is 5.75 Å². The molecule has 0 aliphatic carbocycles. The molecule has 0 amide bonds. The molecule has 0 spiro atoms. The number of rotatable bonds is 2. The molecule has 110 valence electrons. The van der Waals surface area contributed by atoms with Crippen molar-refractivity contribution in [1.82, 2.24) is 0 Å². The molecule has 21 heavy (non-hydrogen) atoms. The smallest absolute Gasteiger partial charge is 0.147 e. The second-order valence-corrected chi connectivity index (χ2v) is 4.50. The molecular weight excluding hydrogens is 293 g/mol. The SMILES string of the molecule is COc1ccc(C2N=C(N)c3c(F)cccc3N2)cc1.Cl. The highest BCUT2D eigenvalue weighted by molar-refractivity contribution is 6.04. The van der Waals surface area contributed by atoms with Crippen LogP contribution in [0.25, 0.3) is 0 Å². The number of hydrogen-bond donors (Lipinski definition) is 2. The van der Waals surface area contributed by atoms with Crippen molar-refractivity contribution in [1.29, 1.82) is 0 Å². The zero-order valence-corrected chi connectivity index (χ0v) is 12.2. The first-order chi connectivity index (χ1) is 9.69. The van der Waals surface area contributed by atoms with Crippen molar-refractivity contribution in [3.05, 3.63) is 59.4 Å². The van der Waals surface area contributed by atoms with E-state index in [2.05, 4.69) is 10.3 Å². The van der Waals surface area contributed by atoms with Crippen LogP contribution in [0.3, 0.4) is 0 Å². The molecule has 0 saturated carbocycles. The number of aliphatic imine (C=N–C) groups is 1. The van der Waals surface area contributed by atoms with Crippen LogP contribution in [0, 0.1) is 5.82 Å². The van der Waals surface area contributed by atoms with Crippen molar-refractivity contribution in [3.63, 3.8) is 0 Å². The quantitative estimate of drug-likeness (QED) is 0.896. The molecule has 3 rings (SSSR count). The number of fused-ring (bicyclic) bond motifs is 1. The molecule has 0 saturated heterocycles. The summed E-state index contributed by atoms with van der Waals surface area (Å²) in [6, 6.07) is 12.3. The van der Waals surface area contributed by atoms with Crippen molar-refractivity contribution in [2.24, 2.45) is 10.7 Å². The van der Waals surface area contributed by atoms with Gasteiger partial charge in [0.1, 0.15) is 23.6 Å². The predicted molar refractivity (Wildman–Crippen MR) is 83.7 cm³/mol. The predicted octanol–water partition coefficient (Wildman–Crippen LogP) is 3.09. The summed E-state index contributed by atoms with van der Waals surface area (Å²) in [5, 5.41) is 3.17. The van der Waals surface area contributed by atoms with E-state index in [1.54, 1.807) is 19.2 Å². The van der Waals surface area contributed by atoms with Crippen LogP contribution in [-0.4, -0.2) is 12.9 Å². The first-order valence-electron chi connectivity index (χ1n) is 6.21. The van der Waals surface area contributed by atoms with E-state index >= 15 is 0 Å². The monoisotopic (exact) mass is 307 g/mol. The molecule has 1 aliphatic rings. The normalized spacial score (nSPS) is 16.1. The molecule has 0 radical (unpaired) electrons. The van der Waals surface area contributed by atoms with Crippen LogP contribution in [0.4, 0.5) is 10.1 Å². The fourth-order valence-electron chi connectivity index (χ4n) is 2.23. The fraction of sp³-hybridized carbons (Fsp3) is 0.133. The number of halogens is 2. The van der Waals surface area contributed by atoms with Crippen LogP contribution >= 0.6 is 12.4 Å². The molecule has 1 heterocycles. The molecule has 2 aromatic carbocycles. The second-order valence-electron chi connectivity index (χ2n) is 4.50. The van der Waals surface area contributed by atoms with E-state index in [0.29, 0.717) is 11.3 Å². The lowest BCUT2D eigenvalue weighted by Crippen LogP contribution is -2.26. The molecule has 2 aromatic rings.